The molecule has 2 atom stereocenters. The third-order valence-corrected chi connectivity index (χ3v) is 4.31. The number of carbonyl (C=O) groups excluding carboxylic acids is 1. The van der Waals surface area contributed by atoms with Crippen LogP contribution in [0.15, 0.2) is 18.2 Å². The molecule has 5 nitrogen and oxygen atoms in total. The number of aliphatic carboxylic acids is 1. The quantitative estimate of drug-likeness (QED) is 0.902. The minimum Gasteiger partial charge on any atom is -0.481 e. The molecular formula is C16H21FN2O3. The molecule has 1 aliphatic rings. The molecule has 0 aromatic heterocycles. The molecule has 0 saturated carbocycles. The summed E-state index contributed by atoms with van der Waals surface area (Å²) in [6.45, 7) is 5.68. The lowest BCUT2D eigenvalue weighted by atomic mass is 9.90. The molecular weight excluding hydrogens is 287 g/mol. The van der Waals surface area contributed by atoms with Gasteiger partial charge in [-0.05, 0) is 44.4 Å². The van der Waals surface area contributed by atoms with Gasteiger partial charge in [-0.2, -0.15) is 0 Å². The van der Waals surface area contributed by atoms with Crippen molar-refractivity contribution in [3.8, 4) is 0 Å². The van der Waals surface area contributed by atoms with Crippen LogP contribution in [-0.4, -0.2) is 35.1 Å². The lowest BCUT2D eigenvalue weighted by molar-refractivity contribution is -0.147. The van der Waals surface area contributed by atoms with Crippen LogP contribution in [0, 0.1) is 18.2 Å². The van der Waals surface area contributed by atoms with Crippen LogP contribution >= 0.6 is 0 Å². The number of carboxylic acid groups (broad SMARTS) is 1. The normalized spacial score (nSPS) is 22.5. The highest BCUT2D eigenvalue weighted by atomic mass is 19.1. The number of hydrogen-bond donors (Lipinski definition) is 2. The predicted octanol–water partition coefficient (Wildman–Crippen LogP) is 2.70. The van der Waals surface area contributed by atoms with Crippen LogP contribution in [0.1, 0.15) is 37.4 Å². The van der Waals surface area contributed by atoms with Gasteiger partial charge in [-0.15, -0.1) is 0 Å². The first-order valence-corrected chi connectivity index (χ1v) is 7.28. The van der Waals surface area contributed by atoms with Gasteiger partial charge < -0.3 is 15.3 Å². The lowest BCUT2D eigenvalue weighted by Gasteiger charge is -2.23. The van der Waals surface area contributed by atoms with Crippen LogP contribution in [0.5, 0.6) is 0 Å². The van der Waals surface area contributed by atoms with E-state index in [-0.39, 0.29) is 24.4 Å². The minimum atomic E-state index is -0.892. The third-order valence-electron chi connectivity index (χ3n) is 4.31. The second-order valence-corrected chi connectivity index (χ2v) is 6.22. The van der Waals surface area contributed by atoms with Gasteiger partial charge in [-0.1, -0.05) is 12.1 Å². The van der Waals surface area contributed by atoms with Crippen LogP contribution in [0.2, 0.25) is 0 Å². The van der Waals surface area contributed by atoms with Crippen LogP contribution < -0.4 is 5.32 Å². The number of nitrogens with one attached hydrogen (secondary N) is 1. The van der Waals surface area contributed by atoms with E-state index in [1.165, 1.54) is 11.0 Å². The SMILES string of the molecule is Cc1ccc([C@@H](C)NC(=O)N2CCC(C)(C(=O)O)C2)cc1F. The van der Waals surface area contributed by atoms with E-state index in [1.807, 2.05) is 0 Å². The topological polar surface area (TPSA) is 69.6 Å². The molecule has 1 aliphatic heterocycles. The first-order chi connectivity index (χ1) is 10.2. The van der Waals surface area contributed by atoms with Gasteiger partial charge in [0.15, 0.2) is 0 Å². The molecule has 2 rings (SSSR count). The maximum absolute atomic E-state index is 13.6. The molecule has 1 aromatic rings. The number of halogens is 1. The number of nitrogens with zero attached hydrogens (tertiary/aromatic N) is 1. The van der Waals surface area contributed by atoms with E-state index in [0.29, 0.717) is 24.1 Å². The molecule has 120 valence electrons. The smallest absolute Gasteiger partial charge is 0.317 e. The molecule has 22 heavy (non-hydrogen) atoms. The molecule has 0 spiro atoms. The zero-order chi connectivity index (χ0) is 16.5. The Balaban J connectivity index is 2.00. The summed E-state index contributed by atoms with van der Waals surface area (Å²) < 4.78 is 13.6. The number of amides is 2. The average molecular weight is 308 g/mol. The van der Waals surface area contributed by atoms with Crippen LogP contribution in [0.3, 0.4) is 0 Å². The fourth-order valence-corrected chi connectivity index (χ4v) is 2.55. The minimum absolute atomic E-state index is 0.184. The Morgan fingerprint density at radius 1 is 1.45 bits per heavy atom. The largest absolute Gasteiger partial charge is 0.481 e. The number of benzene rings is 1. The van der Waals surface area contributed by atoms with Gasteiger partial charge in [0.05, 0.1) is 11.5 Å². The fraction of sp³-hybridized carbons (Fsp3) is 0.500. The number of aryl methyl sites for hydroxylation is 1. The molecule has 2 amide bonds. The number of rotatable bonds is 3. The molecule has 2 N–H and O–H groups in total. The van der Waals surface area contributed by atoms with Crippen molar-refractivity contribution in [2.75, 3.05) is 13.1 Å². The van der Waals surface area contributed by atoms with Crippen molar-refractivity contribution in [1.82, 2.24) is 10.2 Å². The summed E-state index contributed by atoms with van der Waals surface area (Å²) in [5.41, 5.74) is 0.340. The maximum atomic E-state index is 13.6. The van der Waals surface area contributed by atoms with Crippen molar-refractivity contribution in [2.45, 2.75) is 33.2 Å². The highest BCUT2D eigenvalue weighted by Crippen LogP contribution is 2.30. The van der Waals surface area contributed by atoms with Gasteiger partial charge in [0.25, 0.3) is 0 Å². The third kappa shape index (κ3) is 3.21. The maximum Gasteiger partial charge on any atom is 0.317 e. The molecule has 1 aromatic carbocycles. The standard InChI is InChI=1S/C16H21FN2O3/c1-10-4-5-12(8-13(10)17)11(2)18-15(22)19-7-6-16(3,9-19)14(20)21/h4-5,8,11H,6-7,9H2,1-3H3,(H,18,22)(H,20,21)/t11-,16?/m1/s1. The number of hydrogen-bond acceptors (Lipinski definition) is 2. The van der Waals surface area contributed by atoms with E-state index < -0.39 is 11.4 Å². The van der Waals surface area contributed by atoms with Crippen LogP contribution in [-0.2, 0) is 4.79 Å². The summed E-state index contributed by atoms with van der Waals surface area (Å²) in [4.78, 5) is 24.9. The van der Waals surface area contributed by atoms with E-state index in [2.05, 4.69) is 5.32 Å². The van der Waals surface area contributed by atoms with Crippen molar-refractivity contribution >= 4 is 12.0 Å². The Labute approximate surface area is 129 Å². The zero-order valence-corrected chi connectivity index (χ0v) is 13.0. The highest BCUT2D eigenvalue weighted by Gasteiger charge is 2.42. The zero-order valence-electron chi connectivity index (χ0n) is 13.0. The van der Waals surface area contributed by atoms with Gasteiger partial charge in [-0.3, -0.25) is 4.79 Å². The number of urea groups is 1. The monoisotopic (exact) mass is 308 g/mol. The van der Waals surface area contributed by atoms with Crippen LogP contribution in [0.4, 0.5) is 9.18 Å². The van der Waals surface area contributed by atoms with Crippen molar-refractivity contribution < 1.29 is 19.1 Å². The van der Waals surface area contributed by atoms with E-state index in [1.54, 1.807) is 32.9 Å². The first-order valence-electron chi connectivity index (χ1n) is 7.28. The van der Waals surface area contributed by atoms with Crippen LogP contribution in [0.25, 0.3) is 0 Å². The van der Waals surface area contributed by atoms with Gasteiger partial charge in [-0.25, -0.2) is 9.18 Å². The lowest BCUT2D eigenvalue weighted by Crippen LogP contribution is -2.41. The summed E-state index contributed by atoms with van der Waals surface area (Å²) in [5.74, 6) is -1.20. The Bertz CT molecular complexity index is 605. The Kier molecular flexibility index (Phi) is 4.39. The van der Waals surface area contributed by atoms with Gasteiger partial charge >= 0.3 is 12.0 Å². The molecule has 1 saturated heterocycles. The van der Waals surface area contributed by atoms with Crippen molar-refractivity contribution in [1.29, 1.82) is 0 Å². The Hall–Kier alpha value is -2.11. The Morgan fingerprint density at radius 3 is 2.68 bits per heavy atom. The fourth-order valence-electron chi connectivity index (χ4n) is 2.55. The molecule has 6 heteroatoms. The van der Waals surface area contributed by atoms with E-state index >= 15 is 0 Å². The molecule has 1 fully saturated rings. The molecule has 0 bridgehead atoms. The number of carboxylic acids is 1. The first kappa shape index (κ1) is 16.3. The summed E-state index contributed by atoms with van der Waals surface area (Å²) in [5, 5.41) is 12.0. The highest BCUT2D eigenvalue weighted by molar-refractivity contribution is 5.79. The van der Waals surface area contributed by atoms with Crippen molar-refractivity contribution in [2.24, 2.45) is 5.41 Å². The van der Waals surface area contributed by atoms with E-state index in [4.69, 9.17) is 0 Å². The number of carbonyl (C=O) groups is 2. The Morgan fingerprint density at radius 2 is 2.14 bits per heavy atom. The van der Waals surface area contributed by atoms with Gasteiger partial charge in [0.1, 0.15) is 5.82 Å². The summed E-state index contributed by atoms with van der Waals surface area (Å²) in [6.07, 6.45) is 0.434. The average Bonchev–Trinajstić information content (AvgIpc) is 2.86. The van der Waals surface area contributed by atoms with Gasteiger partial charge in [0, 0.05) is 13.1 Å². The van der Waals surface area contributed by atoms with E-state index in [9.17, 15) is 19.1 Å². The molecule has 0 radical (unpaired) electrons. The van der Waals surface area contributed by atoms with E-state index in [0.717, 1.165) is 0 Å². The summed E-state index contributed by atoms with van der Waals surface area (Å²) in [6, 6.07) is 4.18. The second kappa shape index (κ2) is 5.94. The van der Waals surface area contributed by atoms with Crippen molar-refractivity contribution in [3.63, 3.8) is 0 Å². The molecule has 1 unspecified atom stereocenters. The molecule has 1 heterocycles. The van der Waals surface area contributed by atoms with Crippen molar-refractivity contribution in [3.05, 3.63) is 35.1 Å². The number of likely N-dealkylation sites (tertiary alicyclic amines) is 1. The second-order valence-electron chi connectivity index (χ2n) is 6.22. The summed E-state index contributed by atoms with van der Waals surface area (Å²) in [7, 11) is 0. The van der Waals surface area contributed by atoms with Gasteiger partial charge in [0.2, 0.25) is 0 Å². The predicted molar refractivity (Wildman–Crippen MR) is 80.0 cm³/mol. The molecule has 0 aliphatic carbocycles. The summed E-state index contributed by atoms with van der Waals surface area (Å²) >= 11 is 0.